The van der Waals surface area contributed by atoms with Crippen molar-refractivity contribution in [3.8, 4) is 0 Å². The molecule has 9 heteroatoms. The molecule has 1 aliphatic rings. The number of aliphatic hydroxyl groups excluding tert-OH is 3. The topological polar surface area (TPSA) is 119 Å². The summed E-state index contributed by atoms with van der Waals surface area (Å²) in [6.07, 6.45) is -2.59. The Hall–Kier alpha value is -0.970. The first-order valence-electron chi connectivity index (χ1n) is 6.12. The second-order valence-electron chi connectivity index (χ2n) is 4.39. The van der Waals surface area contributed by atoms with E-state index in [4.69, 9.17) is 9.84 Å². The largest absolute Gasteiger partial charge is 0.394 e. The molecule has 112 valence electrons. The van der Waals surface area contributed by atoms with Gasteiger partial charge in [0.15, 0.2) is 0 Å². The SMILES string of the molecule is CNCSc1[nH]c(=O)cc[n+]1[C@@H]1O[C@H](CO)[C@@H](O)[C@H]1O. The zero-order valence-electron chi connectivity index (χ0n) is 10.9. The molecular formula is C11H18N3O5S+. The molecule has 0 aromatic carbocycles. The highest BCUT2D eigenvalue weighted by Crippen LogP contribution is 2.26. The summed E-state index contributed by atoms with van der Waals surface area (Å²) in [6.45, 7) is -0.391. The maximum absolute atomic E-state index is 11.4. The molecular weight excluding hydrogens is 286 g/mol. The van der Waals surface area contributed by atoms with Crippen molar-refractivity contribution in [1.82, 2.24) is 10.3 Å². The van der Waals surface area contributed by atoms with Gasteiger partial charge >= 0.3 is 10.7 Å². The molecule has 2 rings (SSSR count). The number of aliphatic hydroxyl groups is 3. The Balaban J connectivity index is 2.30. The van der Waals surface area contributed by atoms with E-state index in [-0.39, 0.29) is 5.56 Å². The Morgan fingerprint density at radius 2 is 2.25 bits per heavy atom. The van der Waals surface area contributed by atoms with E-state index >= 15 is 0 Å². The lowest BCUT2D eigenvalue weighted by Gasteiger charge is -2.14. The number of hydrogen-bond acceptors (Lipinski definition) is 7. The quantitative estimate of drug-likeness (QED) is 0.177. The second-order valence-corrected chi connectivity index (χ2v) is 5.35. The van der Waals surface area contributed by atoms with Gasteiger partial charge in [0.1, 0.15) is 24.5 Å². The van der Waals surface area contributed by atoms with Crippen molar-refractivity contribution in [2.75, 3.05) is 19.5 Å². The maximum atomic E-state index is 11.4. The molecule has 1 fully saturated rings. The van der Waals surface area contributed by atoms with E-state index in [1.54, 1.807) is 7.05 Å². The average molecular weight is 304 g/mol. The third kappa shape index (κ3) is 3.03. The van der Waals surface area contributed by atoms with Crippen LogP contribution in [0.2, 0.25) is 0 Å². The Bertz CT molecular complexity index is 511. The molecule has 0 unspecified atom stereocenters. The van der Waals surface area contributed by atoms with Crippen LogP contribution in [0.3, 0.4) is 0 Å². The van der Waals surface area contributed by atoms with E-state index in [9.17, 15) is 15.0 Å². The Kier molecular flexibility index (Phi) is 5.13. The number of hydrogen-bond donors (Lipinski definition) is 5. The van der Waals surface area contributed by atoms with Gasteiger partial charge in [-0.05, 0) is 18.8 Å². The lowest BCUT2D eigenvalue weighted by atomic mass is 10.1. The molecule has 1 aromatic rings. The van der Waals surface area contributed by atoms with Gasteiger partial charge in [-0.25, -0.2) is 9.78 Å². The van der Waals surface area contributed by atoms with Gasteiger partial charge in [0.25, 0.3) is 0 Å². The first-order valence-corrected chi connectivity index (χ1v) is 7.11. The highest BCUT2D eigenvalue weighted by atomic mass is 32.2. The van der Waals surface area contributed by atoms with Crippen molar-refractivity contribution in [3.05, 3.63) is 22.6 Å². The number of thioether (sulfide) groups is 1. The summed E-state index contributed by atoms with van der Waals surface area (Å²) in [5.74, 6) is 0.550. The summed E-state index contributed by atoms with van der Waals surface area (Å²) >= 11 is 1.32. The van der Waals surface area contributed by atoms with E-state index in [2.05, 4.69) is 10.3 Å². The summed E-state index contributed by atoms with van der Waals surface area (Å²) in [5.41, 5.74) is -0.272. The Morgan fingerprint density at radius 1 is 1.50 bits per heavy atom. The third-order valence-electron chi connectivity index (χ3n) is 3.00. The molecule has 5 N–H and O–H groups in total. The summed E-state index contributed by atoms with van der Waals surface area (Å²) in [5, 5.41) is 32.3. The van der Waals surface area contributed by atoms with Gasteiger partial charge in [-0.15, -0.1) is 0 Å². The van der Waals surface area contributed by atoms with Gasteiger partial charge in [0.05, 0.1) is 18.6 Å². The fourth-order valence-corrected chi connectivity index (χ4v) is 2.76. The molecule has 1 aliphatic heterocycles. The van der Waals surface area contributed by atoms with Crippen molar-refractivity contribution in [2.24, 2.45) is 0 Å². The minimum Gasteiger partial charge on any atom is -0.394 e. The molecule has 0 saturated carbocycles. The molecule has 0 amide bonds. The van der Waals surface area contributed by atoms with Crippen LogP contribution in [-0.4, -0.2) is 58.1 Å². The predicted octanol–water partition coefficient (Wildman–Crippen LogP) is -2.46. The van der Waals surface area contributed by atoms with Gasteiger partial charge in [-0.3, -0.25) is 0 Å². The van der Waals surface area contributed by atoms with Crippen LogP contribution in [0.15, 0.2) is 22.2 Å². The molecule has 0 bridgehead atoms. The number of rotatable bonds is 5. The summed E-state index contributed by atoms with van der Waals surface area (Å²) in [4.78, 5) is 14.0. The van der Waals surface area contributed by atoms with Crippen molar-refractivity contribution >= 4 is 11.8 Å². The van der Waals surface area contributed by atoms with Crippen LogP contribution in [0, 0.1) is 0 Å². The van der Waals surface area contributed by atoms with Crippen molar-refractivity contribution in [2.45, 2.75) is 29.7 Å². The molecule has 1 aromatic heterocycles. The van der Waals surface area contributed by atoms with Crippen LogP contribution in [-0.2, 0) is 4.74 Å². The number of aromatic amines is 1. The van der Waals surface area contributed by atoms with Crippen molar-refractivity contribution < 1.29 is 24.6 Å². The number of aromatic nitrogens is 2. The van der Waals surface area contributed by atoms with Crippen LogP contribution >= 0.6 is 11.8 Å². The molecule has 2 heterocycles. The molecule has 4 atom stereocenters. The maximum Gasteiger partial charge on any atom is 0.335 e. The standard InChI is InChI=1S/C11H17N3O5S/c1-12-5-20-11-13-7(16)2-3-14(11)10-9(18)8(17)6(4-15)19-10/h2-3,6,8-10,12,15,17-18H,4-5H2,1H3/p+1/t6-,8-,9-,10-/m1/s1. The zero-order valence-corrected chi connectivity index (χ0v) is 11.7. The minimum atomic E-state index is -1.18. The van der Waals surface area contributed by atoms with E-state index in [0.29, 0.717) is 11.0 Å². The Morgan fingerprint density at radius 3 is 2.85 bits per heavy atom. The van der Waals surface area contributed by atoms with Crippen LogP contribution in [0.25, 0.3) is 0 Å². The first-order chi connectivity index (χ1) is 9.58. The lowest BCUT2D eigenvalue weighted by molar-refractivity contribution is -0.800. The van der Waals surface area contributed by atoms with Gasteiger partial charge in [-0.2, -0.15) is 4.57 Å². The molecule has 0 aliphatic carbocycles. The van der Waals surface area contributed by atoms with E-state index in [1.807, 2.05) is 0 Å². The number of H-pyrrole nitrogens is 1. The fraction of sp³-hybridized carbons (Fsp3) is 0.636. The van der Waals surface area contributed by atoms with Gasteiger partial charge in [0.2, 0.25) is 6.23 Å². The normalized spacial score (nSPS) is 29.8. The van der Waals surface area contributed by atoms with Crippen molar-refractivity contribution in [1.29, 1.82) is 0 Å². The van der Waals surface area contributed by atoms with Crippen LogP contribution in [0.5, 0.6) is 0 Å². The third-order valence-corrected chi connectivity index (χ3v) is 4.02. The van der Waals surface area contributed by atoms with Gasteiger partial charge < -0.3 is 25.4 Å². The van der Waals surface area contributed by atoms with Gasteiger partial charge in [-0.1, -0.05) is 0 Å². The van der Waals surface area contributed by atoms with E-state index < -0.39 is 31.1 Å². The lowest BCUT2D eigenvalue weighted by Crippen LogP contribution is -2.49. The van der Waals surface area contributed by atoms with Crippen LogP contribution < -0.4 is 15.4 Å². The summed E-state index contributed by atoms with van der Waals surface area (Å²) < 4.78 is 6.97. The second kappa shape index (κ2) is 6.66. The first kappa shape index (κ1) is 15.4. The Labute approximate surface area is 119 Å². The minimum absolute atomic E-state index is 0.272. The van der Waals surface area contributed by atoms with Crippen LogP contribution in [0.4, 0.5) is 0 Å². The smallest absolute Gasteiger partial charge is 0.335 e. The number of nitrogens with one attached hydrogen (secondary N) is 2. The highest BCUT2D eigenvalue weighted by Gasteiger charge is 2.46. The monoisotopic (exact) mass is 304 g/mol. The molecule has 0 radical (unpaired) electrons. The van der Waals surface area contributed by atoms with Crippen LogP contribution in [0.1, 0.15) is 6.23 Å². The average Bonchev–Trinajstić information content (AvgIpc) is 2.73. The van der Waals surface area contributed by atoms with E-state index in [0.717, 1.165) is 0 Å². The van der Waals surface area contributed by atoms with Crippen molar-refractivity contribution in [3.63, 3.8) is 0 Å². The molecule has 0 spiro atoms. The molecule has 1 saturated heterocycles. The molecule has 20 heavy (non-hydrogen) atoms. The highest BCUT2D eigenvalue weighted by molar-refractivity contribution is 7.99. The fourth-order valence-electron chi connectivity index (χ4n) is 1.99. The van der Waals surface area contributed by atoms with Gasteiger partial charge in [0, 0.05) is 0 Å². The summed E-state index contributed by atoms with van der Waals surface area (Å²) in [7, 11) is 1.77. The number of ether oxygens (including phenoxy) is 1. The zero-order chi connectivity index (χ0) is 14.7. The number of nitrogens with zero attached hydrogens (tertiary/aromatic N) is 1. The molecule has 8 nitrogen and oxygen atoms in total. The summed E-state index contributed by atoms with van der Waals surface area (Å²) in [6, 6.07) is 1.30. The van der Waals surface area contributed by atoms with E-state index in [1.165, 1.54) is 28.6 Å². The predicted molar refractivity (Wildman–Crippen MR) is 70.1 cm³/mol.